The number of pyridine rings is 1. The van der Waals surface area contributed by atoms with Crippen LogP contribution in [0.25, 0.3) is 22.2 Å². The molecule has 0 bridgehead atoms. The summed E-state index contributed by atoms with van der Waals surface area (Å²) >= 11 is 0. The Morgan fingerprint density at radius 1 is 0.969 bits per heavy atom. The number of aromatic nitrogens is 1. The summed E-state index contributed by atoms with van der Waals surface area (Å²) in [5.74, 6) is -0.398. The van der Waals surface area contributed by atoms with E-state index in [1.807, 2.05) is 62.4 Å². The second-order valence-corrected chi connectivity index (χ2v) is 7.50. The highest BCUT2D eigenvalue weighted by Gasteiger charge is 2.15. The first-order chi connectivity index (χ1) is 15.5. The van der Waals surface area contributed by atoms with Crippen molar-refractivity contribution in [3.63, 3.8) is 0 Å². The molecule has 0 aliphatic heterocycles. The van der Waals surface area contributed by atoms with E-state index in [9.17, 15) is 15.0 Å². The molecule has 0 fully saturated rings. The van der Waals surface area contributed by atoms with Crippen LogP contribution in [-0.4, -0.2) is 26.8 Å². The lowest BCUT2D eigenvalue weighted by molar-refractivity contribution is 0.0956. The molecule has 3 N–H and O–H groups in total. The van der Waals surface area contributed by atoms with Crippen molar-refractivity contribution < 1.29 is 15.0 Å². The SMILES string of the molecule is CC/C(=N\NC(=O)c1cc(-c2cccc(C)c2)nc2ccccc12)c1cc(O)ccc1O. The van der Waals surface area contributed by atoms with Gasteiger partial charge in [-0.1, -0.05) is 48.9 Å². The van der Waals surface area contributed by atoms with E-state index in [0.29, 0.717) is 34.5 Å². The summed E-state index contributed by atoms with van der Waals surface area (Å²) in [5.41, 5.74) is 7.31. The van der Waals surface area contributed by atoms with Crippen molar-refractivity contribution in [2.75, 3.05) is 0 Å². The van der Waals surface area contributed by atoms with E-state index in [2.05, 4.69) is 10.5 Å². The molecule has 1 heterocycles. The molecule has 0 saturated carbocycles. The van der Waals surface area contributed by atoms with Crippen LogP contribution in [-0.2, 0) is 0 Å². The van der Waals surface area contributed by atoms with E-state index in [1.165, 1.54) is 18.2 Å². The number of phenols is 2. The number of nitrogens with zero attached hydrogens (tertiary/aromatic N) is 2. The number of carbonyl (C=O) groups excluding carboxylic acids is 1. The topological polar surface area (TPSA) is 94.8 Å². The Morgan fingerprint density at radius 2 is 1.78 bits per heavy atom. The molecule has 0 radical (unpaired) electrons. The molecule has 4 rings (SSSR count). The molecule has 0 spiro atoms. The van der Waals surface area contributed by atoms with Crippen molar-refractivity contribution in [1.82, 2.24) is 10.4 Å². The van der Waals surface area contributed by atoms with Crippen LogP contribution in [0.4, 0.5) is 0 Å². The summed E-state index contributed by atoms with van der Waals surface area (Å²) in [6.45, 7) is 3.86. The van der Waals surface area contributed by atoms with E-state index < -0.39 is 0 Å². The van der Waals surface area contributed by atoms with Crippen molar-refractivity contribution >= 4 is 22.5 Å². The van der Waals surface area contributed by atoms with E-state index in [-0.39, 0.29) is 17.4 Å². The molecule has 0 saturated heterocycles. The van der Waals surface area contributed by atoms with Gasteiger partial charge in [-0.15, -0.1) is 0 Å². The zero-order valence-corrected chi connectivity index (χ0v) is 17.8. The van der Waals surface area contributed by atoms with Crippen molar-refractivity contribution in [1.29, 1.82) is 0 Å². The van der Waals surface area contributed by atoms with Crippen molar-refractivity contribution in [2.45, 2.75) is 20.3 Å². The molecule has 0 unspecified atom stereocenters. The third kappa shape index (κ3) is 4.30. The molecular formula is C26H23N3O3. The first-order valence-corrected chi connectivity index (χ1v) is 10.3. The van der Waals surface area contributed by atoms with Crippen LogP contribution < -0.4 is 5.43 Å². The number of hydrazone groups is 1. The highest BCUT2D eigenvalue weighted by atomic mass is 16.3. The molecule has 32 heavy (non-hydrogen) atoms. The highest BCUT2D eigenvalue weighted by Crippen LogP contribution is 2.26. The number of fused-ring (bicyclic) bond motifs is 1. The third-order valence-corrected chi connectivity index (χ3v) is 5.19. The highest BCUT2D eigenvalue weighted by molar-refractivity contribution is 6.08. The first-order valence-electron chi connectivity index (χ1n) is 10.3. The Labute approximate surface area is 185 Å². The van der Waals surface area contributed by atoms with Gasteiger partial charge < -0.3 is 10.2 Å². The van der Waals surface area contributed by atoms with Gasteiger partial charge in [-0.05, 0) is 49.7 Å². The lowest BCUT2D eigenvalue weighted by Crippen LogP contribution is -2.20. The minimum atomic E-state index is -0.386. The number of amides is 1. The van der Waals surface area contributed by atoms with Gasteiger partial charge in [0.25, 0.3) is 5.91 Å². The Morgan fingerprint density at radius 3 is 2.56 bits per heavy atom. The summed E-state index contributed by atoms with van der Waals surface area (Å²) in [7, 11) is 0. The molecule has 0 aliphatic rings. The predicted molar refractivity (Wildman–Crippen MR) is 126 cm³/mol. The fraction of sp³-hybridized carbons (Fsp3) is 0.115. The van der Waals surface area contributed by atoms with E-state index in [1.54, 1.807) is 6.07 Å². The monoisotopic (exact) mass is 425 g/mol. The minimum absolute atomic E-state index is 0.00759. The number of phenolic OH excluding ortho intramolecular Hbond substituents is 2. The van der Waals surface area contributed by atoms with Crippen LogP contribution in [0.2, 0.25) is 0 Å². The number of rotatable bonds is 5. The van der Waals surface area contributed by atoms with E-state index in [0.717, 1.165) is 16.5 Å². The van der Waals surface area contributed by atoms with Gasteiger partial charge in [0, 0.05) is 16.5 Å². The number of carbonyl (C=O) groups is 1. The maximum absolute atomic E-state index is 13.2. The fourth-order valence-electron chi connectivity index (χ4n) is 3.58. The van der Waals surface area contributed by atoms with Crippen molar-refractivity contribution in [3.8, 4) is 22.8 Å². The summed E-state index contributed by atoms with van der Waals surface area (Å²) in [5, 5.41) is 24.8. The molecule has 0 atom stereocenters. The second-order valence-electron chi connectivity index (χ2n) is 7.50. The molecule has 0 aliphatic carbocycles. The fourth-order valence-corrected chi connectivity index (χ4v) is 3.58. The van der Waals surface area contributed by atoms with Crippen LogP contribution in [0.3, 0.4) is 0 Å². The van der Waals surface area contributed by atoms with Gasteiger partial charge in [0.1, 0.15) is 11.5 Å². The average Bonchev–Trinajstić information content (AvgIpc) is 2.80. The Bertz CT molecular complexity index is 1350. The normalized spacial score (nSPS) is 11.5. The van der Waals surface area contributed by atoms with Crippen LogP contribution in [0, 0.1) is 6.92 Å². The summed E-state index contributed by atoms with van der Waals surface area (Å²) < 4.78 is 0. The van der Waals surface area contributed by atoms with E-state index >= 15 is 0 Å². The quantitative estimate of drug-likeness (QED) is 0.234. The lowest BCUT2D eigenvalue weighted by atomic mass is 10.0. The molecule has 3 aromatic carbocycles. The maximum atomic E-state index is 13.2. The van der Waals surface area contributed by atoms with Crippen LogP contribution in [0.1, 0.15) is 34.8 Å². The number of benzene rings is 3. The molecule has 1 aromatic heterocycles. The number of para-hydroxylation sites is 1. The smallest absolute Gasteiger partial charge is 0.272 e. The van der Waals surface area contributed by atoms with E-state index in [4.69, 9.17) is 4.98 Å². The Kier molecular flexibility index (Phi) is 5.85. The predicted octanol–water partition coefficient (Wildman–Crippen LogP) is 5.17. The van der Waals surface area contributed by atoms with Gasteiger partial charge in [0.15, 0.2) is 0 Å². The van der Waals surface area contributed by atoms with Gasteiger partial charge in [0.05, 0.1) is 22.5 Å². The number of nitrogens with one attached hydrogen (secondary N) is 1. The summed E-state index contributed by atoms with van der Waals surface area (Å²) in [6, 6.07) is 21.4. The zero-order chi connectivity index (χ0) is 22.7. The zero-order valence-electron chi connectivity index (χ0n) is 17.8. The second kappa shape index (κ2) is 8.89. The standard InChI is InChI=1S/C26H23N3O3/c1-3-22(21-14-18(30)11-12-25(21)31)28-29-26(32)20-15-24(17-8-6-7-16(2)13-17)27-23-10-5-4-9-19(20)23/h4-15,30-31H,3H2,1-2H3,(H,29,32)/b28-22+. The number of aromatic hydroxyl groups is 2. The van der Waals surface area contributed by atoms with Crippen LogP contribution in [0.5, 0.6) is 11.5 Å². The first kappa shape index (κ1) is 21.1. The number of aryl methyl sites for hydroxylation is 1. The largest absolute Gasteiger partial charge is 0.508 e. The maximum Gasteiger partial charge on any atom is 0.272 e. The van der Waals surface area contributed by atoms with Gasteiger partial charge in [-0.25, -0.2) is 10.4 Å². The van der Waals surface area contributed by atoms with Crippen LogP contribution in [0.15, 0.2) is 77.9 Å². The number of hydrogen-bond acceptors (Lipinski definition) is 5. The van der Waals surface area contributed by atoms with Crippen molar-refractivity contribution in [2.24, 2.45) is 5.10 Å². The molecule has 6 heteroatoms. The van der Waals surface area contributed by atoms with Gasteiger partial charge in [-0.3, -0.25) is 4.79 Å². The van der Waals surface area contributed by atoms with Crippen molar-refractivity contribution in [3.05, 3.63) is 89.5 Å². The summed E-state index contributed by atoms with van der Waals surface area (Å²) in [4.78, 5) is 17.9. The molecular weight excluding hydrogens is 402 g/mol. The lowest BCUT2D eigenvalue weighted by Gasteiger charge is -2.11. The van der Waals surface area contributed by atoms with Crippen LogP contribution >= 0.6 is 0 Å². The van der Waals surface area contributed by atoms with Gasteiger partial charge >= 0.3 is 0 Å². The van der Waals surface area contributed by atoms with Gasteiger partial charge in [0.2, 0.25) is 0 Å². The number of hydrogen-bond donors (Lipinski definition) is 3. The molecule has 160 valence electrons. The molecule has 6 nitrogen and oxygen atoms in total. The van der Waals surface area contributed by atoms with Gasteiger partial charge in [-0.2, -0.15) is 5.10 Å². The average molecular weight is 425 g/mol. The Balaban J connectivity index is 1.74. The Hall–Kier alpha value is -4.19. The summed E-state index contributed by atoms with van der Waals surface area (Å²) in [6.07, 6.45) is 0.447. The third-order valence-electron chi connectivity index (χ3n) is 5.19. The molecule has 4 aromatic rings. The molecule has 1 amide bonds. The minimum Gasteiger partial charge on any atom is -0.508 e.